The molecule has 1 N–H and O–H groups in total. The summed E-state index contributed by atoms with van der Waals surface area (Å²) < 4.78 is 0. The van der Waals surface area contributed by atoms with Crippen LogP contribution in [0, 0.1) is 0 Å². The molecule has 3 aromatic rings. The molecule has 0 radical (unpaired) electrons. The van der Waals surface area contributed by atoms with Crippen LogP contribution in [0.15, 0.2) is 60.8 Å². The molecule has 0 aliphatic carbocycles. The number of carbonyl (C=O) groups excluding carboxylic acids is 3. The molecule has 0 atom stereocenters. The summed E-state index contributed by atoms with van der Waals surface area (Å²) in [6.45, 7) is 0.219. The van der Waals surface area contributed by atoms with Crippen molar-refractivity contribution in [2.75, 3.05) is 11.9 Å². The van der Waals surface area contributed by atoms with Gasteiger partial charge < -0.3 is 5.32 Å². The van der Waals surface area contributed by atoms with Gasteiger partial charge in [0.25, 0.3) is 11.8 Å². The van der Waals surface area contributed by atoms with Crippen LogP contribution in [0.4, 0.5) is 5.69 Å². The minimum Gasteiger partial charge on any atom is -0.325 e. The van der Waals surface area contributed by atoms with Crippen LogP contribution in [0.25, 0.3) is 10.9 Å². The molecule has 2 heterocycles. The van der Waals surface area contributed by atoms with Crippen LogP contribution in [0.1, 0.15) is 33.6 Å². The fraction of sp³-hybridized carbons (Fsp3) is 0.143. The fourth-order valence-corrected chi connectivity index (χ4v) is 3.26. The van der Waals surface area contributed by atoms with Crippen molar-refractivity contribution in [1.82, 2.24) is 9.88 Å². The number of nitrogens with zero attached hydrogens (tertiary/aromatic N) is 2. The van der Waals surface area contributed by atoms with Crippen LogP contribution in [0.5, 0.6) is 0 Å². The SMILES string of the molecule is O=C(CCCN1C(=O)c2ccccc2C1=O)Nc1cccc2ncccc12. The highest BCUT2D eigenvalue weighted by molar-refractivity contribution is 6.21. The average molecular weight is 359 g/mol. The maximum atomic E-state index is 12.3. The lowest BCUT2D eigenvalue weighted by Gasteiger charge is -2.13. The second-order valence-corrected chi connectivity index (χ2v) is 6.33. The second-order valence-electron chi connectivity index (χ2n) is 6.33. The van der Waals surface area contributed by atoms with Gasteiger partial charge >= 0.3 is 0 Å². The van der Waals surface area contributed by atoms with Gasteiger partial charge in [-0.3, -0.25) is 24.3 Å². The van der Waals surface area contributed by atoms with Gasteiger partial charge in [-0.25, -0.2) is 0 Å². The zero-order valence-corrected chi connectivity index (χ0v) is 14.5. The zero-order chi connectivity index (χ0) is 18.8. The lowest BCUT2D eigenvalue weighted by Crippen LogP contribution is -2.31. The molecule has 1 aliphatic heterocycles. The van der Waals surface area contributed by atoms with Crippen molar-refractivity contribution >= 4 is 34.3 Å². The molecule has 27 heavy (non-hydrogen) atoms. The Morgan fingerprint density at radius 1 is 0.926 bits per heavy atom. The van der Waals surface area contributed by atoms with Gasteiger partial charge in [-0.15, -0.1) is 0 Å². The van der Waals surface area contributed by atoms with E-state index in [0.717, 1.165) is 10.9 Å². The van der Waals surface area contributed by atoms with E-state index in [-0.39, 0.29) is 30.7 Å². The summed E-state index contributed by atoms with van der Waals surface area (Å²) in [5.74, 6) is -0.754. The zero-order valence-electron chi connectivity index (χ0n) is 14.5. The number of rotatable bonds is 5. The van der Waals surface area contributed by atoms with Crippen LogP contribution in [0.2, 0.25) is 0 Å². The summed E-state index contributed by atoms with van der Waals surface area (Å²) in [6, 6.07) is 16.0. The quantitative estimate of drug-likeness (QED) is 0.709. The summed E-state index contributed by atoms with van der Waals surface area (Å²) in [4.78, 5) is 42.4. The lowest BCUT2D eigenvalue weighted by molar-refractivity contribution is -0.116. The Kier molecular flexibility index (Phi) is 4.38. The Hall–Kier alpha value is -3.54. The highest BCUT2D eigenvalue weighted by Gasteiger charge is 2.34. The summed E-state index contributed by atoms with van der Waals surface area (Å²) in [5.41, 5.74) is 2.36. The van der Waals surface area contributed by atoms with Crippen molar-refractivity contribution in [2.24, 2.45) is 0 Å². The van der Waals surface area contributed by atoms with Crippen molar-refractivity contribution in [1.29, 1.82) is 0 Å². The van der Waals surface area contributed by atoms with Gasteiger partial charge in [0.2, 0.25) is 5.91 Å². The Labute approximate surface area is 155 Å². The van der Waals surface area contributed by atoms with E-state index < -0.39 is 0 Å². The smallest absolute Gasteiger partial charge is 0.261 e. The number of pyridine rings is 1. The molecule has 1 aliphatic rings. The predicted octanol–water partition coefficient (Wildman–Crippen LogP) is 3.25. The molecule has 4 rings (SSSR count). The predicted molar refractivity (Wildman–Crippen MR) is 101 cm³/mol. The third-order valence-electron chi connectivity index (χ3n) is 4.58. The minimum atomic E-state index is -0.295. The highest BCUT2D eigenvalue weighted by atomic mass is 16.2. The van der Waals surface area contributed by atoms with Gasteiger partial charge in [-0.2, -0.15) is 0 Å². The molecule has 0 fully saturated rings. The first-order valence-corrected chi connectivity index (χ1v) is 8.74. The number of imide groups is 1. The first-order valence-electron chi connectivity index (χ1n) is 8.74. The summed E-state index contributed by atoms with van der Waals surface area (Å²) in [5, 5.41) is 3.75. The minimum absolute atomic E-state index is 0.164. The van der Waals surface area contributed by atoms with Gasteiger partial charge in [-0.05, 0) is 42.8 Å². The number of hydrogen-bond acceptors (Lipinski definition) is 4. The molecule has 6 heteroatoms. The fourth-order valence-electron chi connectivity index (χ4n) is 3.26. The van der Waals surface area contributed by atoms with Crippen molar-refractivity contribution in [3.05, 3.63) is 71.9 Å². The maximum absolute atomic E-state index is 12.3. The molecular formula is C21H17N3O3. The number of hydrogen-bond donors (Lipinski definition) is 1. The standard InChI is InChI=1S/C21H17N3O3/c25-19(23-18-10-3-9-17-16(18)8-4-12-22-17)11-5-13-24-20(26)14-6-1-2-7-15(14)21(24)27/h1-4,6-10,12H,5,11,13H2,(H,23,25). The Balaban J connectivity index is 1.37. The van der Waals surface area contributed by atoms with Gasteiger partial charge in [0, 0.05) is 24.5 Å². The van der Waals surface area contributed by atoms with Crippen molar-refractivity contribution in [3.8, 4) is 0 Å². The van der Waals surface area contributed by atoms with E-state index in [1.165, 1.54) is 4.90 Å². The van der Waals surface area contributed by atoms with Gasteiger partial charge in [0.1, 0.15) is 0 Å². The molecule has 1 aromatic heterocycles. The highest BCUT2D eigenvalue weighted by Crippen LogP contribution is 2.23. The average Bonchev–Trinajstić information content (AvgIpc) is 2.93. The lowest BCUT2D eigenvalue weighted by atomic mass is 10.1. The van der Waals surface area contributed by atoms with E-state index in [1.807, 2.05) is 30.3 Å². The maximum Gasteiger partial charge on any atom is 0.261 e. The van der Waals surface area contributed by atoms with E-state index >= 15 is 0 Å². The van der Waals surface area contributed by atoms with Gasteiger partial charge in [0.05, 0.1) is 22.3 Å². The molecule has 2 aromatic carbocycles. The van der Waals surface area contributed by atoms with E-state index in [1.54, 1.807) is 30.5 Å². The molecule has 0 bridgehead atoms. The van der Waals surface area contributed by atoms with Crippen molar-refractivity contribution < 1.29 is 14.4 Å². The summed E-state index contributed by atoms with van der Waals surface area (Å²) in [7, 11) is 0. The van der Waals surface area contributed by atoms with Crippen molar-refractivity contribution in [3.63, 3.8) is 0 Å². The number of anilines is 1. The largest absolute Gasteiger partial charge is 0.325 e. The van der Waals surface area contributed by atoms with E-state index in [9.17, 15) is 14.4 Å². The summed E-state index contributed by atoms with van der Waals surface area (Å²) >= 11 is 0. The first kappa shape index (κ1) is 16.9. The molecule has 0 saturated carbocycles. The molecular weight excluding hydrogens is 342 g/mol. The monoisotopic (exact) mass is 359 g/mol. The molecule has 0 unspecified atom stereocenters. The second kappa shape index (κ2) is 6.99. The number of benzene rings is 2. The molecule has 6 nitrogen and oxygen atoms in total. The third kappa shape index (κ3) is 3.17. The van der Waals surface area contributed by atoms with Crippen molar-refractivity contribution in [2.45, 2.75) is 12.8 Å². The van der Waals surface area contributed by atoms with E-state index in [0.29, 0.717) is 23.2 Å². The number of amides is 3. The molecule has 134 valence electrons. The number of fused-ring (bicyclic) bond motifs is 2. The topological polar surface area (TPSA) is 79.4 Å². The molecule has 0 saturated heterocycles. The number of carbonyl (C=O) groups is 3. The Bertz CT molecular complexity index is 1020. The number of aromatic nitrogens is 1. The van der Waals surface area contributed by atoms with Crippen LogP contribution in [0.3, 0.4) is 0 Å². The normalized spacial score (nSPS) is 13.1. The molecule has 3 amide bonds. The van der Waals surface area contributed by atoms with Crippen LogP contribution < -0.4 is 5.32 Å². The van der Waals surface area contributed by atoms with Gasteiger partial charge in [-0.1, -0.05) is 18.2 Å². The van der Waals surface area contributed by atoms with Crippen LogP contribution >= 0.6 is 0 Å². The Morgan fingerprint density at radius 3 is 2.41 bits per heavy atom. The molecule has 0 spiro atoms. The van der Waals surface area contributed by atoms with Crippen LogP contribution in [-0.2, 0) is 4.79 Å². The summed E-state index contributed by atoms with van der Waals surface area (Å²) in [6.07, 6.45) is 2.32. The number of nitrogens with one attached hydrogen (secondary N) is 1. The Morgan fingerprint density at radius 2 is 1.67 bits per heavy atom. The third-order valence-corrected chi connectivity index (χ3v) is 4.58. The van der Waals surface area contributed by atoms with Crippen LogP contribution in [-0.4, -0.2) is 34.2 Å². The van der Waals surface area contributed by atoms with E-state index in [2.05, 4.69) is 10.3 Å². The first-order chi connectivity index (χ1) is 13.1. The van der Waals surface area contributed by atoms with E-state index in [4.69, 9.17) is 0 Å². The van der Waals surface area contributed by atoms with Gasteiger partial charge in [0.15, 0.2) is 0 Å².